The van der Waals surface area contributed by atoms with Gasteiger partial charge in [-0.1, -0.05) is 18.2 Å². The minimum Gasteiger partial charge on any atom is -0.466 e. The standard InChI is InChI=1S/C19H15N3O3/c1-19(18(24)22-15-7-2-3-10-16(15)25-19)17(23)21-14-9-4-8-13-12(14)6-5-11-20-13/h2-11H,1H3,(H,21,23)(H,22,24). The molecule has 25 heavy (non-hydrogen) atoms. The van der Waals surface area contributed by atoms with E-state index in [-0.39, 0.29) is 0 Å². The van der Waals surface area contributed by atoms with Gasteiger partial charge >= 0.3 is 0 Å². The third kappa shape index (κ3) is 2.48. The summed E-state index contributed by atoms with van der Waals surface area (Å²) in [5.74, 6) is -0.600. The second-order valence-electron chi connectivity index (χ2n) is 5.92. The van der Waals surface area contributed by atoms with Crippen molar-refractivity contribution in [1.82, 2.24) is 4.98 Å². The number of fused-ring (bicyclic) bond motifs is 2. The Hall–Kier alpha value is -3.41. The van der Waals surface area contributed by atoms with Gasteiger partial charge in [0.15, 0.2) is 0 Å². The molecule has 6 heteroatoms. The van der Waals surface area contributed by atoms with E-state index >= 15 is 0 Å². The van der Waals surface area contributed by atoms with Crippen molar-refractivity contribution in [2.75, 3.05) is 10.6 Å². The summed E-state index contributed by atoms with van der Waals surface area (Å²) in [6.07, 6.45) is 1.68. The number of hydrogen-bond donors (Lipinski definition) is 2. The van der Waals surface area contributed by atoms with Crippen LogP contribution < -0.4 is 15.4 Å². The average molecular weight is 333 g/mol. The summed E-state index contributed by atoms with van der Waals surface area (Å²) >= 11 is 0. The van der Waals surface area contributed by atoms with Crippen LogP contribution in [-0.2, 0) is 9.59 Å². The fourth-order valence-corrected chi connectivity index (χ4v) is 2.77. The average Bonchev–Trinajstić information content (AvgIpc) is 2.63. The molecule has 0 spiro atoms. The van der Waals surface area contributed by atoms with Gasteiger partial charge in [0.25, 0.3) is 17.4 Å². The fourth-order valence-electron chi connectivity index (χ4n) is 2.77. The Labute approximate surface area is 143 Å². The zero-order valence-corrected chi connectivity index (χ0v) is 13.4. The highest BCUT2D eigenvalue weighted by Gasteiger charge is 2.47. The molecule has 1 unspecified atom stereocenters. The van der Waals surface area contributed by atoms with Gasteiger partial charge in [-0.25, -0.2) is 0 Å². The smallest absolute Gasteiger partial charge is 0.278 e. The molecule has 4 rings (SSSR count). The van der Waals surface area contributed by atoms with Gasteiger partial charge in [0.2, 0.25) is 0 Å². The summed E-state index contributed by atoms with van der Waals surface area (Å²) in [5, 5.41) is 6.30. The minimum absolute atomic E-state index is 0.458. The van der Waals surface area contributed by atoms with Gasteiger partial charge in [0, 0.05) is 11.6 Å². The first-order valence-electron chi connectivity index (χ1n) is 7.83. The molecule has 2 heterocycles. The molecule has 2 amide bonds. The zero-order chi connectivity index (χ0) is 17.4. The molecule has 6 nitrogen and oxygen atoms in total. The Morgan fingerprint density at radius 3 is 2.84 bits per heavy atom. The van der Waals surface area contributed by atoms with E-state index in [4.69, 9.17) is 4.74 Å². The maximum Gasteiger partial charge on any atom is 0.278 e. The number of para-hydroxylation sites is 2. The Morgan fingerprint density at radius 1 is 1.12 bits per heavy atom. The predicted octanol–water partition coefficient (Wildman–Crippen LogP) is 2.96. The molecule has 2 N–H and O–H groups in total. The lowest BCUT2D eigenvalue weighted by Crippen LogP contribution is -2.56. The van der Waals surface area contributed by atoms with Gasteiger partial charge in [0.05, 0.1) is 16.9 Å². The maximum atomic E-state index is 12.8. The number of anilines is 2. The van der Waals surface area contributed by atoms with Crippen LogP contribution >= 0.6 is 0 Å². The molecular formula is C19H15N3O3. The predicted molar refractivity (Wildman–Crippen MR) is 94.5 cm³/mol. The number of hydrogen-bond acceptors (Lipinski definition) is 4. The lowest BCUT2D eigenvalue weighted by Gasteiger charge is -2.33. The van der Waals surface area contributed by atoms with E-state index in [2.05, 4.69) is 15.6 Å². The first-order chi connectivity index (χ1) is 12.1. The molecule has 124 valence electrons. The number of nitrogens with zero attached hydrogens (tertiary/aromatic N) is 1. The van der Waals surface area contributed by atoms with Crippen LogP contribution in [0.2, 0.25) is 0 Å². The molecule has 0 fully saturated rings. The third-order valence-corrected chi connectivity index (χ3v) is 4.21. The first-order valence-corrected chi connectivity index (χ1v) is 7.83. The fraction of sp³-hybridized carbons (Fsp3) is 0.105. The second-order valence-corrected chi connectivity index (χ2v) is 5.92. The number of ether oxygens (including phenoxy) is 1. The number of carbonyl (C=O) groups excluding carboxylic acids is 2. The molecule has 0 saturated heterocycles. The summed E-state index contributed by atoms with van der Waals surface area (Å²) in [7, 11) is 0. The summed E-state index contributed by atoms with van der Waals surface area (Å²) in [5.41, 5.74) is 0.211. The van der Waals surface area contributed by atoms with E-state index in [1.54, 1.807) is 48.7 Å². The number of amides is 2. The van der Waals surface area contributed by atoms with Crippen LogP contribution in [0.5, 0.6) is 5.75 Å². The molecule has 3 aromatic rings. The van der Waals surface area contributed by atoms with E-state index in [1.165, 1.54) is 6.92 Å². The van der Waals surface area contributed by atoms with Gasteiger partial charge < -0.3 is 15.4 Å². The van der Waals surface area contributed by atoms with E-state index in [0.717, 1.165) is 10.9 Å². The first kappa shape index (κ1) is 15.1. The van der Waals surface area contributed by atoms with Crippen molar-refractivity contribution in [1.29, 1.82) is 0 Å². The van der Waals surface area contributed by atoms with Crippen molar-refractivity contribution >= 4 is 34.1 Å². The molecule has 2 aromatic carbocycles. The monoisotopic (exact) mass is 333 g/mol. The molecular weight excluding hydrogens is 318 g/mol. The highest BCUT2D eigenvalue weighted by molar-refractivity contribution is 6.20. The van der Waals surface area contributed by atoms with Crippen molar-refractivity contribution in [2.24, 2.45) is 0 Å². The van der Waals surface area contributed by atoms with E-state index in [9.17, 15) is 9.59 Å². The van der Waals surface area contributed by atoms with Crippen molar-refractivity contribution in [3.05, 3.63) is 60.8 Å². The topological polar surface area (TPSA) is 80.3 Å². The molecule has 1 atom stereocenters. The van der Waals surface area contributed by atoms with Gasteiger partial charge in [-0.3, -0.25) is 14.6 Å². The van der Waals surface area contributed by atoms with E-state index in [0.29, 0.717) is 17.1 Å². The molecule has 0 saturated carbocycles. The quantitative estimate of drug-likeness (QED) is 0.707. The van der Waals surface area contributed by atoms with Crippen molar-refractivity contribution < 1.29 is 14.3 Å². The molecule has 1 aliphatic rings. The Bertz CT molecular complexity index is 997. The van der Waals surface area contributed by atoms with Gasteiger partial charge in [-0.2, -0.15) is 0 Å². The number of benzene rings is 2. The zero-order valence-electron chi connectivity index (χ0n) is 13.4. The number of nitrogens with one attached hydrogen (secondary N) is 2. The lowest BCUT2D eigenvalue weighted by molar-refractivity contribution is -0.143. The van der Waals surface area contributed by atoms with Crippen LogP contribution in [0.3, 0.4) is 0 Å². The molecule has 0 bridgehead atoms. The van der Waals surface area contributed by atoms with Gasteiger partial charge in [-0.15, -0.1) is 0 Å². The van der Waals surface area contributed by atoms with Crippen LogP contribution in [0.1, 0.15) is 6.92 Å². The number of carbonyl (C=O) groups is 2. The maximum absolute atomic E-state index is 12.8. The van der Waals surface area contributed by atoms with Crippen molar-refractivity contribution in [2.45, 2.75) is 12.5 Å². The van der Waals surface area contributed by atoms with E-state index < -0.39 is 17.4 Å². The molecule has 0 aliphatic carbocycles. The van der Waals surface area contributed by atoms with Crippen molar-refractivity contribution in [3.8, 4) is 5.75 Å². The van der Waals surface area contributed by atoms with Gasteiger partial charge in [0.1, 0.15) is 5.75 Å². The molecule has 0 radical (unpaired) electrons. The normalized spacial score (nSPS) is 18.8. The Morgan fingerprint density at radius 2 is 1.96 bits per heavy atom. The Balaban J connectivity index is 1.67. The highest BCUT2D eigenvalue weighted by atomic mass is 16.5. The minimum atomic E-state index is -1.67. The number of rotatable bonds is 2. The van der Waals surface area contributed by atoms with Crippen LogP contribution in [0.15, 0.2) is 60.8 Å². The number of pyridine rings is 1. The molecule has 1 aromatic heterocycles. The Kier molecular flexibility index (Phi) is 3.39. The third-order valence-electron chi connectivity index (χ3n) is 4.21. The van der Waals surface area contributed by atoms with Crippen LogP contribution in [0, 0.1) is 0 Å². The highest BCUT2D eigenvalue weighted by Crippen LogP contribution is 2.34. The largest absolute Gasteiger partial charge is 0.466 e. The lowest BCUT2D eigenvalue weighted by atomic mass is 10.0. The van der Waals surface area contributed by atoms with E-state index in [1.807, 2.05) is 12.1 Å². The summed E-state index contributed by atoms with van der Waals surface area (Å²) in [6, 6.07) is 16.1. The van der Waals surface area contributed by atoms with Crippen LogP contribution in [-0.4, -0.2) is 22.4 Å². The number of aromatic nitrogens is 1. The molecule has 1 aliphatic heterocycles. The van der Waals surface area contributed by atoms with Crippen LogP contribution in [0.25, 0.3) is 10.9 Å². The summed E-state index contributed by atoms with van der Waals surface area (Å²) in [6.45, 7) is 1.46. The van der Waals surface area contributed by atoms with Gasteiger partial charge in [-0.05, 0) is 43.3 Å². The van der Waals surface area contributed by atoms with Crippen molar-refractivity contribution in [3.63, 3.8) is 0 Å². The summed E-state index contributed by atoms with van der Waals surface area (Å²) in [4.78, 5) is 29.6. The second kappa shape index (κ2) is 5.59. The SMILES string of the molecule is CC1(C(=O)Nc2cccc3ncccc23)Oc2ccccc2NC1=O. The summed E-state index contributed by atoms with van der Waals surface area (Å²) < 4.78 is 5.74. The van der Waals surface area contributed by atoms with Crippen LogP contribution in [0.4, 0.5) is 11.4 Å².